The molecule has 2 heterocycles. The van der Waals surface area contributed by atoms with E-state index in [2.05, 4.69) is 16.3 Å². The molecule has 1 aromatic rings. The lowest BCUT2D eigenvalue weighted by molar-refractivity contribution is 0.0509. The van der Waals surface area contributed by atoms with Crippen molar-refractivity contribution in [2.75, 3.05) is 24.6 Å². The van der Waals surface area contributed by atoms with Crippen LogP contribution in [0, 0.1) is 0 Å². The molecule has 3 rings (SSSR count). The first-order chi connectivity index (χ1) is 10.4. The SMILES string of the molecule is CC(C)(C)OC(=O)N[C@@H]1CCN(c2cccc3c2CCO3)C1. The van der Waals surface area contributed by atoms with Gasteiger partial charge in [0.1, 0.15) is 11.4 Å². The summed E-state index contributed by atoms with van der Waals surface area (Å²) in [6.07, 6.45) is 1.57. The molecule has 0 radical (unpaired) electrons. The van der Waals surface area contributed by atoms with Crippen molar-refractivity contribution in [3.05, 3.63) is 23.8 Å². The van der Waals surface area contributed by atoms with Crippen LogP contribution in [0.15, 0.2) is 18.2 Å². The van der Waals surface area contributed by atoms with Gasteiger partial charge in [0.2, 0.25) is 0 Å². The molecule has 1 aromatic carbocycles. The topological polar surface area (TPSA) is 50.8 Å². The summed E-state index contributed by atoms with van der Waals surface area (Å²) in [4.78, 5) is 14.2. The van der Waals surface area contributed by atoms with Gasteiger partial charge in [-0.3, -0.25) is 0 Å². The van der Waals surface area contributed by atoms with Crippen molar-refractivity contribution in [3.63, 3.8) is 0 Å². The number of amides is 1. The van der Waals surface area contributed by atoms with E-state index in [1.54, 1.807) is 0 Å². The Labute approximate surface area is 131 Å². The molecular formula is C17H24N2O3. The third-order valence-corrected chi connectivity index (χ3v) is 3.97. The average Bonchev–Trinajstić information content (AvgIpc) is 3.04. The molecule has 120 valence electrons. The number of rotatable bonds is 2. The van der Waals surface area contributed by atoms with Gasteiger partial charge in [0, 0.05) is 30.8 Å². The largest absolute Gasteiger partial charge is 0.493 e. The molecule has 0 bridgehead atoms. The van der Waals surface area contributed by atoms with Crippen molar-refractivity contribution in [2.45, 2.75) is 45.3 Å². The number of nitrogens with one attached hydrogen (secondary N) is 1. The summed E-state index contributed by atoms with van der Waals surface area (Å²) in [5, 5.41) is 2.97. The molecule has 2 aliphatic heterocycles. The number of hydrogen-bond donors (Lipinski definition) is 1. The molecule has 2 aliphatic rings. The molecule has 1 atom stereocenters. The van der Waals surface area contributed by atoms with Crippen molar-refractivity contribution in [3.8, 4) is 5.75 Å². The summed E-state index contributed by atoms with van der Waals surface area (Å²) in [6.45, 7) is 8.15. The van der Waals surface area contributed by atoms with E-state index in [0.29, 0.717) is 0 Å². The van der Waals surface area contributed by atoms with Crippen molar-refractivity contribution < 1.29 is 14.3 Å². The molecule has 0 aliphatic carbocycles. The van der Waals surface area contributed by atoms with Crippen molar-refractivity contribution in [1.29, 1.82) is 0 Å². The minimum absolute atomic E-state index is 0.132. The second-order valence-corrected chi connectivity index (χ2v) is 6.93. The number of fused-ring (bicyclic) bond motifs is 1. The van der Waals surface area contributed by atoms with Crippen LogP contribution in [0.4, 0.5) is 10.5 Å². The Bertz CT molecular complexity index is 566. The fraction of sp³-hybridized carbons (Fsp3) is 0.588. The van der Waals surface area contributed by atoms with E-state index in [0.717, 1.165) is 38.3 Å². The van der Waals surface area contributed by atoms with Crippen LogP contribution in [0.5, 0.6) is 5.75 Å². The normalized spacial score (nSPS) is 20.5. The zero-order valence-corrected chi connectivity index (χ0v) is 13.5. The Morgan fingerprint density at radius 2 is 2.23 bits per heavy atom. The zero-order chi connectivity index (χ0) is 15.7. The maximum atomic E-state index is 11.9. The lowest BCUT2D eigenvalue weighted by Gasteiger charge is -2.23. The van der Waals surface area contributed by atoms with Crippen LogP contribution in [0.25, 0.3) is 0 Å². The Morgan fingerprint density at radius 3 is 3.00 bits per heavy atom. The van der Waals surface area contributed by atoms with Crippen LogP contribution in [0.2, 0.25) is 0 Å². The second-order valence-electron chi connectivity index (χ2n) is 6.93. The number of carbonyl (C=O) groups excluding carboxylic acids is 1. The van der Waals surface area contributed by atoms with Crippen LogP contribution in [0.3, 0.4) is 0 Å². The molecule has 1 saturated heterocycles. The standard InChI is InChI=1S/C17H24N2O3/c1-17(2,3)22-16(20)18-12-7-9-19(11-12)14-5-4-6-15-13(14)8-10-21-15/h4-6,12H,7-11H2,1-3H3,(H,18,20)/t12-/m1/s1. The first-order valence-corrected chi connectivity index (χ1v) is 7.91. The fourth-order valence-corrected chi connectivity index (χ4v) is 3.07. The number of carbonyl (C=O) groups is 1. The molecule has 1 fully saturated rings. The number of benzene rings is 1. The number of nitrogens with zero attached hydrogens (tertiary/aromatic N) is 1. The third-order valence-electron chi connectivity index (χ3n) is 3.97. The Kier molecular flexibility index (Phi) is 3.89. The van der Waals surface area contributed by atoms with Crippen molar-refractivity contribution in [2.24, 2.45) is 0 Å². The van der Waals surface area contributed by atoms with Gasteiger partial charge >= 0.3 is 6.09 Å². The number of anilines is 1. The van der Waals surface area contributed by atoms with E-state index in [1.807, 2.05) is 32.9 Å². The average molecular weight is 304 g/mol. The molecule has 0 saturated carbocycles. The summed E-state index contributed by atoms with van der Waals surface area (Å²) >= 11 is 0. The Hall–Kier alpha value is -1.91. The monoisotopic (exact) mass is 304 g/mol. The van der Waals surface area contributed by atoms with Crippen LogP contribution in [-0.2, 0) is 11.2 Å². The maximum absolute atomic E-state index is 11.9. The fourth-order valence-electron chi connectivity index (χ4n) is 3.07. The summed E-state index contributed by atoms with van der Waals surface area (Å²) in [7, 11) is 0. The van der Waals surface area contributed by atoms with E-state index < -0.39 is 5.60 Å². The van der Waals surface area contributed by atoms with Gasteiger partial charge < -0.3 is 19.7 Å². The van der Waals surface area contributed by atoms with Gasteiger partial charge in [0.25, 0.3) is 0 Å². The zero-order valence-electron chi connectivity index (χ0n) is 13.5. The van der Waals surface area contributed by atoms with Crippen LogP contribution < -0.4 is 15.0 Å². The Balaban J connectivity index is 1.61. The van der Waals surface area contributed by atoms with E-state index in [4.69, 9.17) is 9.47 Å². The summed E-state index contributed by atoms with van der Waals surface area (Å²) in [5.41, 5.74) is 2.07. The molecule has 22 heavy (non-hydrogen) atoms. The molecule has 0 unspecified atom stereocenters. The lowest BCUT2D eigenvalue weighted by Crippen LogP contribution is -2.40. The summed E-state index contributed by atoms with van der Waals surface area (Å²) in [6, 6.07) is 6.34. The summed E-state index contributed by atoms with van der Waals surface area (Å²) < 4.78 is 11.0. The summed E-state index contributed by atoms with van der Waals surface area (Å²) in [5.74, 6) is 1.00. The first-order valence-electron chi connectivity index (χ1n) is 7.91. The highest BCUT2D eigenvalue weighted by Crippen LogP contribution is 2.35. The predicted molar refractivity (Wildman–Crippen MR) is 85.6 cm³/mol. The van der Waals surface area contributed by atoms with Gasteiger partial charge in [-0.05, 0) is 39.3 Å². The molecule has 5 heteroatoms. The van der Waals surface area contributed by atoms with Gasteiger partial charge in [-0.25, -0.2) is 4.79 Å². The van der Waals surface area contributed by atoms with Gasteiger partial charge in [-0.2, -0.15) is 0 Å². The number of hydrogen-bond acceptors (Lipinski definition) is 4. The van der Waals surface area contributed by atoms with E-state index in [-0.39, 0.29) is 12.1 Å². The minimum Gasteiger partial charge on any atom is -0.493 e. The predicted octanol–water partition coefficient (Wildman–Crippen LogP) is 2.72. The van der Waals surface area contributed by atoms with Gasteiger partial charge in [-0.1, -0.05) is 6.07 Å². The van der Waals surface area contributed by atoms with E-state index in [1.165, 1.54) is 11.3 Å². The highest BCUT2D eigenvalue weighted by Gasteiger charge is 2.28. The van der Waals surface area contributed by atoms with Crippen LogP contribution in [0.1, 0.15) is 32.8 Å². The second kappa shape index (κ2) is 5.71. The number of alkyl carbamates (subject to hydrolysis) is 1. The smallest absolute Gasteiger partial charge is 0.407 e. The van der Waals surface area contributed by atoms with Gasteiger partial charge in [-0.15, -0.1) is 0 Å². The van der Waals surface area contributed by atoms with E-state index >= 15 is 0 Å². The Morgan fingerprint density at radius 1 is 1.41 bits per heavy atom. The lowest BCUT2D eigenvalue weighted by atomic mass is 10.1. The molecular weight excluding hydrogens is 280 g/mol. The molecule has 1 N–H and O–H groups in total. The van der Waals surface area contributed by atoms with E-state index in [9.17, 15) is 4.79 Å². The quantitative estimate of drug-likeness (QED) is 0.913. The molecule has 0 spiro atoms. The molecule has 1 amide bonds. The van der Waals surface area contributed by atoms with Crippen LogP contribution >= 0.6 is 0 Å². The maximum Gasteiger partial charge on any atom is 0.407 e. The molecule has 0 aromatic heterocycles. The van der Waals surface area contributed by atoms with Gasteiger partial charge in [0.15, 0.2) is 0 Å². The number of ether oxygens (including phenoxy) is 2. The highest BCUT2D eigenvalue weighted by atomic mass is 16.6. The van der Waals surface area contributed by atoms with Crippen LogP contribution in [-0.4, -0.2) is 37.4 Å². The third kappa shape index (κ3) is 3.29. The molecule has 5 nitrogen and oxygen atoms in total. The highest BCUT2D eigenvalue weighted by molar-refractivity contribution is 5.68. The minimum atomic E-state index is -0.458. The first kappa shape index (κ1) is 15.0. The van der Waals surface area contributed by atoms with Gasteiger partial charge in [0.05, 0.1) is 12.6 Å². The van der Waals surface area contributed by atoms with Crippen molar-refractivity contribution >= 4 is 11.8 Å². The van der Waals surface area contributed by atoms with Crippen molar-refractivity contribution in [1.82, 2.24) is 5.32 Å².